The van der Waals surface area contributed by atoms with Crippen molar-refractivity contribution >= 4 is 57.8 Å². The number of carbonyl (C=O) groups excluding carboxylic acids is 2. The van der Waals surface area contributed by atoms with E-state index in [1.807, 2.05) is 18.2 Å². The van der Waals surface area contributed by atoms with E-state index in [1.54, 1.807) is 67.8 Å². The van der Waals surface area contributed by atoms with Crippen molar-refractivity contribution in [2.75, 3.05) is 30.2 Å². The Balaban J connectivity index is 1.60. The van der Waals surface area contributed by atoms with E-state index >= 15 is 0 Å². The Kier molecular flexibility index (Phi) is 8.13. The second kappa shape index (κ2) is 11.6. The van der Waals surface area contributed by atoms with Crippen LogP contribution in [0.15, 0.2) is 77.4 Å². The molecule has 0 saturated carbocycles. The largest absolute Gasteiger partial charge is 0.497 e. The molecule has 0 radical (unpaired) electrons. The summed E-state index contributed by atoms with van der Waals surface area (Å²) in [5, 5.41) is 12.6. The predicted molar refractivity (Wildman–Crippen MR) is 146 cm³/mol. The molecule has 0 aromatic heterocycles. The van der Waals surface area contributed by atoms with E-state index in [4.69, 9.17) is 26.3 Å². The van der Waals surface area contributed by atoms with Gasteiger partial charge in [-0.1, -0.05) is 41.6 Å². The molecule has 1 heterocycles. The number of anilines is 2. The normalized spacial score (nSPS) is 13.8. The molecule has 0 spiro atoms. The van der Waals surface area contributed by atoms with Crippen LogP contribution in [0.5, 0.6) is 11.5 Å². The number of amidine groups is 1. The van der Waals surface area contributed by atoms with E-state index in [9.17, 15) is 9.59 Å². The Labute approximate surface area is 223 Å². The third-order valence-electron chi connectivity index (χ3n) is 5.25. The summed E-state index contributed by atoms with van der Waals surface area (Å²) in [5.74, 6) is 0.418. The van der Waals surface area contributed by atoms with Crippen LogP contribution in [0.25, 0.3) is 6.08 Å². The topological polar surface area (TPSA) is 104 Å². The predicted octanol–water partition coefficient (Wildman–Crippen LogP) is 5.34. The fourth-order valence-corrected chi connectivity index (χ4v) is 4.47. The Bertz CT molecular complexity index is 1450. The van der Waals surface area contributed by atoms with Gasteiger partial charge in [0, 0.05) is 11.8 Å². The highest BCUT2D eigenvalue weighted by molar-refractivity contribution is 8.14. The SMILES string of the molecule is COc1ccc(/C=C2\N=C(SCC(=O)Nc3cccc(C#N)c3)N(c3ccc(Cl)c(OC)c3)C2=O)cc1. The first-order chi connectivity index (χ1) is 17.9. The molecule has 0 fully saturated rings. The molecule has 1 N–H and O–H groups in total. The van der Waals surface area contributed by atoms with Gasteiger partial charge in [-0.2, -0.15) is 5.26 Å². The Morgan fingerprint density at radius 3 is 2.62 bits per heavy atom. The minimum Gasteiger partial charge on any atom is -0.497 e. The van der Waals surface area contributed by atoms with E-state index in [0.29, 0.717) is 38.6 Å². The van der Waals surface area contributed by atoms with Crippen LogP contribution in [0, 0.1) is 11.3 Å². The summed E-state index contributed by atoms with van der Waals surface area (Å²) < 4.78 is 10.5. The number of rotatable bonds is 7. The molecule has 8 nitrogen and oxygen atoms in total. The summed E-state index contributed by atoms with van der Waals surface area (Å²) in [6.07, 6.45) is 1.67. The maximum absolute atomic E-state index is 13.4. The number of nitrogens with zero attached hydrogens (tertiary/aromatic N) is 3. The molecule has 3 aromatic rings. The minimum absolute atomic E-state index is 0.0140. The zero-order chi connectivity index (χ0) is 26.4. The number of ether oxygens (including phenoxy) is 2. The molecule has 10 heteroatoms. The summed E-state index contributed by atoms with van der Waals surface area (Å²) in [4.78, 5) is 32.0. The van der Waals surface area contributed by atoms with E-state index in [2.05, 4.69) is 10.3 Å². The molecule has 0 unspecified atom stereocenters. The van der Waals surface area contributed by atoms with Gasteiger partial charge in [-0.25, -0.2) is 4.99 Å². The molecule has 0 atom stereocenters. The molecule has 1 aliphatic heterocycles. The smallest absolute Gasteiger partial charge is 0.283 e. The van der Waals surface area contributed by atoms with Gasteiger partial charge < -0.3 is 14.8 Å². The van der Waals surface area contributed by atoms with Gasteiger partial charge in [0.15, 0.2) is 5.17 Å². The van der Waals surface area contributed by atoms with Crippen LogP contribution in [0.4, 0.5) is 11.4 Å². The number of amides is 2. The fourth-order valence-electron chi connectivity index (χ4n) is 3.46. The zero-order valence-corrected chi connectivity index (χ0v) is 21.5. The number of benzene rings is 3. The molecule has 4 rings (SSSR count). The van der Waals surface area contributed by atoms with E-state index in [-0.39, 0.29) is 23.3 Å². The van der Waals surface area contributed by atoms with Gasteiger partial charge in [0.05, 0.1) is 42.3 Å². The average Bonchev–Trinajstić information content (AvgIpc) is 3.22. The summed E-state index contributed by atoms with van der Waals surface area (Å²) in [5.41, 5.74) is 2.42. The molecule has 0 saturated heterocycles. The number of thioether (sulfide) groups is 1. The number of carbonyl (C=O) groups is 2. The number of nitriles is 1. The van der Waals surface area contributed by atoms with Crippen LogP contribution in [0.1, 0.15) is 11.1 Å². The number of hydrogen-bond donors (Lipinski definition) is 1. The van der Waals surface area contributed by atoms with Crippen LogP contribution < -0.4 is 19.7 Å². The van der Waals surface area contributed by atoms with Crippen molar-refractivity contribution in [1.29, 1.82) is 5.26 Å². The molecule has 37 heavy (non-hydrogen) atoms. The minimum atomic E-state index is -0.357. The number of hydrogen-bond acceptors (Lipinski definition) is 7. The monoisotopic (exact) mass is 532 g/mol. The van der Waals surface area contributed by atoms with Crippen LogP contribution in [0.2, 0.25) is 5.02 Å². The first kappa shape index (κ1) is 25.8. The van der Waals surface area contributed by atoms with Crippen LogP contribution >= 0.6 is 23.4 Å². The maximum atomic E-state index is 13.4. The summed E-state index contributed by atoms with van der Waals surface area (Å²) in [6, 6.07) is 20.8. The second-order valence-electron chi connectivity index (χ2n) is 7.69. The molecule has 0 bridgehead atoms. The van der Waals surface area contributed by atoms with Gasteiger partial charge in [0.25, 0.3) is 5.91 Å². The summed E-state index contributed by atoms with van der Waals surface area (Å²) >= 11 is 7.29. The highest BCUT2D eigenvalue weighted by atomic mass is 35.5. The lowest BCUT2D eigenvalue weighted by Crippen LogP contribution is -2.31. The standard InChI is InChI=1S/C27H21ClN4O4S/c1-35-21-9-6-17(7-10-21)13-23-26(34)32(20-8-11-22(28)24(14-20)36-2)27(31-23)37-16-25(33)30-19-5-3-4-18(12-19)15-29/h3-14H,16H2,1-2H3,(H,30,33)/b23-13-. The molecule has 1 aliphatic rings. The zero-order valence-electron chi connectivity index (χ0n) is 19.9. The van der Waals surface area contributed by atoms with Gasteiger partial charge in [0.2, 0.25) is 5.91 Å². The van der Waals surface area contributed by atoms with Crippen LogP contribution in [0.3, 0.4) is 0 Å². The Hall–Kier alpha value is -4.26. The van der Waals surface area contributed by atoms with E-state index < -0.39 is 0 Å². The van der Waals surface area contributed by atoms with Crippen LogP contribution in [-0.4, -0.2) is 37.0 Å². The highest BCUT2D eigenvalue weighted by Crippen LogP contribution is 2.34. The molecular weight excluding hydrogens is 512 g/mol. The number of halogens is 1. The van der Waals surface area contributed by atoms with Gasteiger partial charge in [-0.05, 0) is 54.1 Å². The lowest BCUT2D eigenvalue weighted by molar-refractivity contribution is -0.114. The van der Waals surface area contributed by atoms with Crippen molar-refractivity contribution < 1.29 is 19.1 Å². The van der Waals surface area contributed by atoms with Gasteiger partial charge in [-0.3, -0.25) is 14.5 Å². The first-order valence-corrected chi connectivity index (χ1v) is 12.3. The third kappa shape index (κ3) is 6.12. The third-order valence-corrected chi connectivity index (χ3v) is 6.50. The quantitative estimate of drug-likeness (QED) is 0.412. The number of nitrogens with one attached hydrogen (secondary N) is 1. The maximum Gasteiger partial charge on any atom is 0.283 e. The van der Waals surface area contributed by atoms with Crippen molar-refractivity contribution in [1.82, 2.24) is 0 Å². The lowest BCUT2D eigenvalue weighted by atomic mass is 10.2. The molecule has 186 valence electrons. The van der Waals surface area contributed by atoms with Crippen molar-refractivity contribution in [2.45, 2.75) is 0 Å². The lowest BCUT2D eigenvalue weighted by Gasteiger charge is -2.19. The van der Waals surface area contributed by atoms with Gasteiger partial charge in [0.1, 0.15) is 17.2 Å². The molecule has 2 amide bonds. The number of aliphatic imine (C=N–C) groups is 1. The van der Waals surface area contributed by atoms with Gasteiger partial charge in [-0.15, -0.1) is 0 Å². The Morgan fingerprint density at radius 1 is 1.14 bits per heavy atom. The van der Waals surface area contributed by atoms with Crippen molar-refractivity contribution in [3.8, 4) is 17.6 Å². The van der Waals surface area contributed by atoms with E-state index in [0.717, 1.165) is 17.3 Å². The summed E-state index contributed by atoms with van der Waals surface area (Å²) in [7, 11) is 3.07. The fraction of sp³-hybridized carbons (Fsp3) is 0.111. The molecule has 0 aliphatic carbocycles. The van der Waals surface area contributed by atoms with E-state index in [1.165, 1.54) is 12.0 Å². The molecule has 3 aromatic carbocycles. The first-order valence-electron chi connectivity index (χ1n) is 11.0. The average molecular weight is 533 g/mol. The number of methoxy groups -OCH3 is 2. The van der Waals surface area contributed by atoms with Crippen molar-refractivity contribution in [3.05, 3.63) is 88.6 Å². The van der Waals surface area contributed by atoms with Crippen LogP contribution in [-0.2, 0) is 9.59 Å². The Morgan fingerprint density at radius 2 is 1.92 bits per heavy atom. The molecular formula is C27H21ClN4O4S. The van der Waals surface area contributed by atoms with Crippen molar-refractivity contribution in [2.24, 2.45) is 4.99 Å². The highest BCUT2D eigenvalue weighted by Gasteiger charge is 2.33. The second-order valence-corrected chi connectivity index (χ2v) is 9.04. The summed E-state index contributed by atoms with van der Waals surface area (Å²) in [6.45, 7) is 0. The van der Waals surface area contributed by atoms with Gasteiger partial charge >= 0.3 is 0 Å². The van der Waals surface area contributed by atoms with Crippen molar-refractivity contribution in [3.63, 3.8) is 0 Å².